The van der Waals surface area contributed by atoms with Crippen LogP contribution in [0.1, 0.15) is 16.0 Å². The van der Waals surface area contributed by atoms with E-state index in [1.54, 1.807) is 11.3 Å². The summed E-state index contributed by atoms with van der Waals surface area (Å²) in [6.45, 7) is 2.07. The molecule has 25 heavy (non-hydrogen) atoms. The molecule has 0 saturated carbocycles. The summed E-state index contributed by atoms with van der Waals surface area (Å²) in [7, 11) is 0. The molecule has 0 aliphatic carbocycles. The fraction of sp³-hybridized carbons (Fsp3) is 0.143. The fourth-order valence-corrected chi connectivity index (χ4v) is 3.98. The lowest BCUT2D eigenvalue weighted by molar-refractivity contribution is 0.982. The Morgan fingerprint density at radius 2 is 1.76 bits per heavy atom. The van der Waals surface area contributed by atoms with Crippen LogP contribution in [0.15, 0.2) is 60.7 Å². The van der Waals surface area contributed by atoms with Crippen molar-refractivity contribution in [1.82, 2.24) is 9.97 Å². The van der Waals surface area contributed by atoms with E-state index in [1.807, 2.05) is 18.2 Å². The molecule has 2 heterocycles. The van der Waals surface area contributed by atoms with Crippen molar-refractivity contribution in [2.24, 2.45) is 0 Å². The molecule has 4 rings (SSSR count). The van der Waals surface area contributed by atoms with E-state index >= 15 is 0 Å². The molecule has 2 N–H and O–H groups in total. The highest BCUT2D eigenvalue weighted by molar-refractivity contribution is 7.18. The van der Waals surface area contributed by atoms with Gasteiger partial charge in [-0.15, -0.1) is 11.3 Å². The van der Waals surface area contributed by atoms with Crippen molar-refractivity contribution >= 4 is 27.4 Å². The number of aryl methyl sites for hydroxylation is 3. The van der Waals surface area contributed by atoms with Crippen LogP contribution in [0.4, 0.5) is 5.82 Å². The molecule has 0 amide bonds. The van der Waals surface area contributed by atoms with Crippen LogP contribution in [0.5, 0.6) is 0 Å². The van der Waals surface area contributed by atoms with Gasteiger partial charge in [-0.3, -0.25) is 0 Å². The Kier molecular flexibility index (Phi) is 4.20. The van der Waals surface area contributed by atoms with E-state index in [2.05, 4.69) is 54.4 Å². The number of nitrogens with two attached hydrogens (primary N) is 1. The second-order valence-electron chi connectivity index (χ2n) is 6.22. The molecule has 4 heteroatoms. The van der Waals surface area contributed by atoms with E-state index < -0.39 is 0 Å². The highest BCUT2D eigenvalue weighted by Crippen LogP contribution is 2.30. The van der Waals surface area contributed by atoms with Gasteiger partial charge in [0.2, 0.25) is 0 Å². The topological polar surface area (TPSA) is 51.8 Å². The number of hydrogen-bond acceptors (Lipinski definition) is 4. The van der Waals surface area contributed by atoms with Crippen molar-refractivity contribution in [1.29, 1.82) is 0 Å². The van der Waals surface area contributed by atoms with E-state index in [0.29, 0.717) is 11.6 Å². The molecule has 3 nitrogen and oxygen atoms in total. The van der Waals surface area contributed by atoms with Crippen LogP contribution in [0.2, 0.25) is 0 Å². The molecule has 0 fully saturated rings. The predicted molar refractivity (Wildman–Crippen MR) is 106 cm³/mol. The van der Waals surface area contributed by atoms with Gasteiger partial charge in [0.1, 0.15) is 10.6 Å². The standard InChI is InChI=1S/C21H19N3S/c1-14-6-5-9-16(12-14)20-23-19(22)18-13-17(25-21(18)24-20)11-10-15-7-3-2-4-8-15/h2-9,12-13H,10-11H2,1H3,(H2,22,23,24). The number of hydrogen-bond donors (Lipinski definition) is 1. The molecule has 4 aromatic rings. The lowest BCUT2D eigenvalue weighted by Gasteiger charge is -2.03. The van der Waals surface area contributed by atoms with E-state index in [4.69, 9.17) is 10.7 Å². The Bertz CT molecular complexity index is 1020. The number of fused-ring (bicyclic) bond motifs is 1. The summed E-state index contributed by atoms with van der Waals surface area (Å²) < 4.78 is 0. The van der Waals surface area contributed by atoms with Crippen molar-refractivity contribution in [3.05, 3.63) is 76.7 Å². The van der Waals surface area contributed by atoms with Crippen molar-refractivity contribution in [3.8, 4) is 11.4 Å². The number of nitrogen functional groups attached to an aromatic ring is 1. The first-order valence-corrected chi connectivity index (χ1v) is 9.17. The van der Waals surface area contributed by atoms with Crippen LogP contribution in [0.25, 0.3) is 21.6 Å². The SMILES string of the molecule is Cc1cccc(-c2nc(N)c3cc(CCc4ccccc4)sc3n2)c1. The summed E-state index contributed by atoms with van der Waals surface area (Å²) in [5, 5.41) is 0.962. The summed E-state index contributed by atoms with van der Waals surface area (Å²) in [6.07, 6.45) is 2.01. The lowest BCUT2D eigenvalue weighted by atomic mass is 10.1. The van der Waals surface area contributed by atoms with Crippen LogP contribution < -0.4 is 5.73 Å². The third-order valence-corrected chi connectivity index (χ3v) is 5.34. The number of anilines is 1. The van der Waals surface area contributed by atoms with Gasteiger partial charge in [0.05, 0.1) is 5.39 Å². The predicted octanol–water partition coefficient (Wildman–Crippen LogP) is 5.03. The molecule has 0 spiro atoms. The van der Waals surface area contributed by atoms with Gasteiger partial charge in [0.15, 0.2) is 5.82 Å². The fourth-order valence-electron chi connectivity index (χ4n) is 2.94. The van der Waals surface area contributed by atoms with Gasteiger partial charge in [0.25, 0.3) is 0 Å². The smallest absolute Gasteiger partial charge is 0.163 e. The van der Waals surface area contributed by atoms with E-state index in [0.717, 1.165) is 28.6 Å². The van der Waals surface area contributed by atoms with Crippen molar-refractivity contribution < 1.29 is 0 Å². The average Bonchev–Trinajstić information content (AvgIpc) is 3.05. The van der Waals surface area contributed by atoms with Crippen LogP contribution in [-0.4, -0.2) is 9.97 Å². The molecular formula is C21H19N3S. The minimum atomic E-state index is 0.559. The zero-order valence-corrected chi connectivity index (χ0v) is 14.9. The van der Waals surface area contributed by atoms with Crippen LogP contribution in [0.3, 0.4) is 0 Å². The summed E-state index contributed by atoms with van der Waals surface area (Å²) in [6, 6.07) is 20.9. The third kappa shape index (κ3) is 3.39. The quantitative estimate of drug-likeness (QED) is 0.564. The van der Waals surface area contributed by atoms with Gasteiger partial charge in [-0.1, -0.05) is 54.1 Å². The van der Waals surface area contributed by atoms with Crippen molar-refractivity contribution in [3.63, 3.8) is 0 Å². The Morgan fingerprint density at radius 1 is 0.920 bits per heavy atom. The highest BCUT2D eigenvalue weighted by atomic mass is 32.1. The summed E-state index contributed by atoms with van der Waals surface area (Å²) in [4.78, 5) is 11.5. The van der Waals surface area contributed by atoms with Gasteiger partial charge in [0, 0.05) is 10.4 Å². The van der Waals surface area contributed by atoms with E-state index in [-0.39, 0.29) is 0 Å². The van der Waals surface area contributed by atoms with Crippen molar-refractivity contribution in [2.45, 2.75) is 19.8 Å². The summed E-state index contributed by atoms with van der Waals surface area (Å²) >= 11 is 1.71. The molecule has 124 valence electrons. The first kappa shape index (κ1) is 15.8. The first-order chi connectivity index (χ1) is 12.2. The number of aromatic nitrogens is 2. The first-order valence-electron chi connectivity index (χ1n) is 8.36. The van der Waals surface area contributed by atoms with E-state index in [9.17, 15) is 0 Å². The Hall–Kier alpha value is -2.72. The molecule has 2 aromatic carbocycles. The number of rotatable bonds is 4. The summed E-state index contributed by atoms with van der Waals surface area (Å²) in [5.74, 6) is 1.26. The molecule has 0 aliphatic heterocycles. The minimum absolute atomic E-state index is 0.559. The molecule has 0 unspecified atom stereocenters. The second kappa shape index (κ2) is 6.65. The molecule has 2 aromatic heterocycles. The third-order valence-electron chi connectivity index (χ3n) is 4.25. The average molecular weight is 345 g/mol. The normalized spacial score (nSPS) is 11.1. The molecule has 0 atom stereocenters. The molecule has 0 saturated heterocycles. The van der Waals surface area contributed by atoms with Gasteiger partial charge < -0.3 is 5.73 Å². The summed E-state index contributed by atoms with van der Waals surface area (Å²) in [5.41, 5.74) is 9.75. The monoisotopic (exact) mass is 345 g/mol. The van der Waals surface area contributed by atoms with E-state index in [1.165, 1.54) is 16.0 Å². The molecule has 0 bridgehead atoms. The number of nitrogens with zero attached hydrogens (tertiary/aromatic N) is 2. The second-order valence-corrected chi connectivity index (χ2v) is 7.33. The molecule has 0 radical (unpaired) electrons. The van der Waals surface area contributed by atoms with Crippen molar-refractivity contribution in [2.75, 3.05) is 5.73 Å². The zero-order chi connectivity index (χ0) is 17.2. The van der Waals surface area contributed by atoms with Crippen LogP contribution in [-0.2, 0) is 12.8 Å². The Balaban J connectivity index is 1.65. The molecule has 0 aliphatic rings. The maximum Gasteiger partial charge on any atom is 0.163 e. The largest absolute Gasteiger partial charge is 0.383 e. The van der Waals surface area contributed by atoms with Crippen LogP contribution >= 0.6 is 11.3 Å². The van der Waals surface area contributed by atoms with Gasteiger partial charge in [-0.05, 0) is 37.5 Å². The van der Waals surface area contributed by atoms with Gasteiger partial charge in [-0.2, -0.15) is 0 Å². The van der Waals surface area contributed by atoms with Gasteiger partial charge >= 0.3 is 0 Å². The minimum Gasteiger partial charge on any atom is -0.383 e. The maximum absolute atomic E-state index is 6.21. The van der Waals surface area contributed by atoms with Gasteiger partial charge in [-0.25, -0.2) is 9.97 Å². The Labute approximate surface area is 151 Å². The lowest BCUT2D eigenvalue weighted by Crippen LogP contribution is -1.96. The Morgan fingerprint density at radius 3 is 2.56 bits per heavy atom. The number of benzene rings is 2. The molecular weight excluding hydrogens is 326 g/mol. The zero-order valence-electron chi connectivity index (χ0n) is 14.1. The maximum atomic E-state index is 6.21. The highest BCUT2D eigenvalue weighted by Gasteiger charge is 2.11. The van der Waals surface area contributed by atoms with Crippen LogP contribution in [0, 0.1) is 6.92 Å². The number of thiophene rings is 1.